The van der Waals surface area contributed by atoms with Gasteiger partial charge in [-0.15, -0.1) is 0 Å². The zero-order chi connectivity index (χ0) is 33.7. The molecule has 0 fully saturated rings. The van der Waals surface area contributed by atoms with Gasteiger partial charge in [-0.3, -0.25) is 0 Å². The van der Waals surface area contributed by atoms with E-state index in [1.165, 1.54) is 5.56 Å². The maximum Gasteiger partial charge on any atom is 0.335 e. The van der Waals surface area contributed by atoms with E-state index in [-0.39, 0.29) is 0 Å². The highest BCUT2D eigenvalue weighted by molar-refractivity contribution is 5.84. The fraction of sp³-hybridized carbons (Fsp3) is 0.0444. The van der Waals surface area contributed by atoms with Crippen LogP contribution in [0.1, 0.15) is 24.0 Å². The van der Waals surface area contributed by atoms with Crippen molar-refractivity contribution in [3.05, 3.63) is 200 Å². The first-order valence-corrected chi connectivity index (χ1v) is 16.4. The number of ether oxygens (including phenoxy) is 1. The van der Waals surface area contributed by atoms with Crippen LogP contribution in [0.4, 0.5) is 34.1 Å². The second-order valence-corrected chi connectivity index (χ2v) is 11.4. The minimum atomic E-state index is -0.479. The fourth-order valence-corrected chi connectivity index (χ4v) is 5.55. The lowest BCUT2D eigenvalue weighted by Gasteiger charge is -2.25. The average Bonchev–Trinajstić information content (AvgIpc) is 3.16. The molecule has 0 aliphatic carbocycles. The Kier molecular flexibility index (Phi) is 10.9. The van der Waals surface area contributed by atoms with E-state index in [1.807, 2.05) is 42.5 Å². The summed E-state index contributed by atoms with van der Waals surface area (Å²) < 4.78 is 5.26. The molecule has 6 aromatic rings. The number of nitrogens with zero attached hydrogens (tertiary/aromatic N) is 2. The Balaban J connectivity index is 1.06. The largest absolute Gasteiger partial charge is 0.423 e. The number of unbranched alkanes of at least 4 members (excludes halogenated alkanes) is 1. The minimum absolute atomic E-state index is 0.476. The van der Waals surface area contributed by atoms with Gasteiger partial charge in [0.05, 0.1) is 0 Å². The number of hydrogen-bond acceptors (Lipinski definition) is 4. The molecule has 0 aliphatic rings. The molecule has 0 spiro atoms. The van der Waals surface area contributed by atoms with Crippen LogP contribution in [0.2, 0.25) is 0 Å². The molecule has 0 bridgehead atoms. The van der Waals surface area contributed by atoms with Crippen LogP contribution in [0.25, 0.3) is 12.2 Å². The third-order valence-electron chi connectivity index (χ3n) is 7.95. The van der Waals surface area contributed by atoms with Crippen LogP contribution >= 0.6 is 0 Å². The van der Waals surface area contributed by atoms with Crippen LogP contribution in [0.3, 0.4) is 0 Å². The number of allylic oxidation sites excluding steroid dienone is 2. The van der Waals surface area contributed by atoms with Gasteiger partial charge < -0.3 is 14.5 Å². The number of rotatable bonds is 13. The Bertz CT molecular complexity index is 1940. The minimum Gasteiger partial charge on any atom is -0.423 e. The van der Waals surface area contributed by atoms with Crippen LogP contribution in [-0.4, -0.2) is 5.97 Å². The second-order valence-electron chi connectivity index (χ2n) is 11.4. The Morgan fingerprint density at radius 3 is 1.14 bits per heavy atom. The van der Waals surface area contributed by atoms with Crippen molar-refractivity contribution in [2.45, 2.75) is 12.8 Å². The van der Waals surface area contributed by atoms with Gasteiger partial charge in [-0.2, -0.15) is 0 Å². The summed E-state index contributed by atoms with van der Waals surface area (Å²) >= 11 is 0. The topological polar surface area (TPSA) is 32.8 Å². The lowest BCUT2D eigenvalue weighted by Crippen LogP contribution is -2.10. The lowest BCUT2D eigenvalue weighted by atomic mass is 10.1. The standard InChI is InChI=1S/C45H38N2O2/c1-2-45(48)49-44-34-32-43(33-35-44)47(40-22-14-7-15-23-40)42-30-26-37(27-31-42)17-9-4-3-8-16-36-24-28-41(29-25-36)46(38-18-10-5-11-19-38)39-20-12-6-13-21-39/h2,5-35H,1,3-4H2. The summed E-state index contributed by atoms with van der Waals surface area (Å²) in [5, 5.41) is 0. The molecule has 0 aromatic heterocycles. The molecular weight excluding hydrogens is 601 g/mol. The highest BCUT2D eigenvalue weighted by Crippen LogP contribution is 2.36. The Morgan fingerprint density at radius 1 is 0.469 bits per heavy atom. The maximum absolute atomic E-state index is 11.6. The Morgan fingerprint density at radius 2 is 0.796 bits per heavy atom. The molecule has 0 radical (unpaired) electrons. The summed E-state index contributed by atoms with van der Waals surface area (Å²) in [6.07, 6.45) is 11.9. The first-order valence-electron chi connectivity index (χ1n) is 16.4. The summed E-state index contributed by atoms with van der Waals surface area (Å²) in [4.78, 5) is 16.0. The molecule has 49 heavy (non-hydrogen) atoms. The molecule has 0 amide bonds. The zero-order valence-corrected chi connectivity index (χ0v) is 27.3. The van der Waals surface area contributed by atoms with Crippen molar-refractivity contribution in [2.75, 3.05) is 9.80 Å². The molecule has 0 N–H and O–H groups in total. The summed E-state index contributed by atoms with van der Waals surface area (Å²) in [7, 11) is 0. The summed E-state index contributed by atoms with van der Waals surface area (Å²) in [5.41, 5.74) is 8.73. The van der Waals surface area contributed by atoms with Crippen molar-refractivity contribution in [1.29, 1.82) is 0 Å². The maximum atomic E-state index is 11.6. The second kappa shape index (κ2) is 16.4. The van der Waals surface area contributed by atoms with Gasteiger partial charge in [0.1, 0.15) is 5.75 Å². The first-order chi connectivity index (χ1) is 24.2. The van der Waals surface area contributed by atoms with Gasteiger partial charge in [-0.1, -0.05) is 110 Å². The highest BCUT2D eigenvalue weighted by atomic mass is 16.5. The van der Waals surface area contributed by atoms with Crippen molar-refractivity contribution in [3.63, 3.8) is 0 Å². The number of carbonyl (C=O) groups excluding carboxylic acids is 1. The van der Waals surface area contributed by atoms with Crippen LogP contribution in [-0.2, 0) is 4.79 Å². The molecule has 0 saturated heterocycles. The van der Waals surface area contributed by atoms with Gasteiger partial charge in [-0.25, -0.2) is 4.79 Å². The third kappa shape index (κ3) is 8.70. The molecule has 0 aliphatic heterocycles. The van der Waals surface area contributed by atoms with E-state index in [1.54, 1.807) is 12.1 Å². The highest BCUT2D eigenvalue weighted by Gasteiger charge is 2.13. The van der Waals surface area contributed by atoms with Gasteiger partial charge in [0, 0.05) is 40.2 Å². The van der Waals surface area contributed by atoms with Crippen molar-refractivity contribution in [2.24, 2.45) is 0 Å². The number of hydrogen-bond donors (Lipinski definition) is 0. The number of anilines is 6. The van der Waals surface area contributed by atoms with Crippen LogP contribution in [0, 0.1) is 0 Å². The van der Waals surface area contributed by atoms with E-state index >= 15 is 0 Å². The first kappa shape index (κ1) is 32.5. The van der Waals surface area contributed by atoms with Crippen molar-refractivity contribution >= 4 is 52.2 Å². The van der Waals surface area contributed by atoms with Gasteiger partial charge in [0.25, 0.3) is 0 Å². The molecule has 0 atom stereocenters. The molecule has 6 aromatic carbocycles. The van der Waals surface area contributed by atoms with Gasteiger partial charge in [0.15, 0.2) is 0 Å². The van der Waals surface area contributed by atoms with Gasteiger partial charge in [0.2, 0.25) is 0 Å². The van der Waals surface area contributed by atoms with Gasteiger partial charge in [-0.05, 0) is 109 Å². The predicted octanol–water partition coefficient (Wildman–Crippen LogP) is 12.2. The van der Waals surface area contributed by atoms with Crippen LogP contribution in [0.15, 0.2) is 189 Å². The van der Waals surface area contributed by atoms with Crippen LogP contribution < -0.4 is 14.5 Å². The monoisotopic (exact) mass is 638 g/mol. The fourth-order valence-electron chi connectivity index (χ4n) is 5.55. The lowest BCUT2D eigenvalue weighted by molar-refractivity contribution is -0.128. The SMILES string of the molecule is C=CC(=O)Oc1ccc(N(c2ccccc2)c2ccc(C=CCCC=Cc3ccc(N(c4ccccc4)c4ccccc4)cc3)cc2)cc1. The van der Waals surface area contributed by atoms with Crippen LogP contribution in [0.5, 0.6) is 5.75 Å². The summed E-state index contributed by atoms with van der Waals surface area (Å²) in [6.45, 7) is 3.46. The van der Waals surface area contributed by atoms with E-state index in [0.717, 1.165) is 58.6 Å². The van der Waals surface area contributed by atoms with Crippen molar-refractivity contribution < 1.29 is 9.53 Å². The van der Waals surface area contributed by atoms with Crippen molar-refractivity contribution in [3.8, 4) is 5.75 Å². The quantitative estimate of drug-likeness (QED) is 0.0545. The summed E-state index contributed by atoms with van der Waals surface area (Å²) in [6, 6.07) is 55.8. The molecular formula is C45H38N2O2. The van der Waals surface area contributed by atoms with E-state index in [0.29, 0.717) is 5.75 Å². The zero-order valence-electron chi connectivity index (χ0n) is 27.3. The van der Waals surface area contributed by atoms with E-state index < -0.39 is 5.97 Å². The van der Waals surface area contributed by atoms with Gasteiger partial charge >= 0.3 is 5.97 Å². The Labute approximate surface area is 289 Å². The number of carbonyl (C=O) groups is 1. The van der Waals surface area contributed by atoms with E-state index in [9.17, 15) is 4.79 Å². The van der Waals surface area contributed by atoms with E-state index in [4.69, 9.17) is 4.74 Å². The average molecular weight is 639 g/mol. The molecule has 4 heteroatoms. The van der Waals surface area contributed by atoms with Crippen molar-refractivity contribution in [1.82, 2.24) is 0 Å². The Hall–Kier alpha value is -6.39. The molecule has 0 heterocycles. The molecule has 4 nitrogen and oxygen atoms in total. The molecule has 0 saturated carbocycles. The number of esters is 1. The molecule has 0 unspecified atom stereocenters. The third-order valence-corrected chi connectivity index (χ3v) is 7.95. The summed E-state index contributed by atoms with van der Waals surface area (Å²) in [5.74, 6) is -0.00311. The smallest absolute Gasteiger partial charge is 0.335 e. The number of benzene rings is 6. The predicted molar refractivity (Wildman–Crippen MR) is 205 cm³/mol. The normalized spacial score (nSPS) is 11.0. The molecule has 6 rings (SSSR count). The molecule has 240 valence electrons. The number of para-hydroxylation sites is 3. The van der Waals surface area contributed by atoms with E-state index in [2.05, 4.69) is 150 Å².